The Kier molecular flexibility index (Phi) is 5.38. The number of hydrogen-bond acceptors (Lipinski definition) is 4. The molecule has 1 aliphatic heterocycles. The van der Waals surface area contributed by atoms with Gasteiger partial charge in [0.05, 0.1) is 6.08 Å². The average molecular weight is 346 g/mol. The lowest BCUT2D eigenvalue weighted by atomic mass is 9.85. The second-order valence-electron chi connectivity index (χ2n) is 8.06. The maximum Gasteiger partial charge on any atom is 0.337 e. The van der Waals surface area contributed by atoms with Crippen molar-refractivity contribution < 1.29 is 19.4 Å². The van der Waals surface area contributed by atoms with Crippen molar-refractivity contribution in [1.29, 1.82) is 0 Å². The fourth-order valence-corrected chi connectivity index (χ4v) is 4.71. The van der Waals surface area contributed by atoms with Crippen molar-refractivity contribution in [2.75, 3.05) is 6.61 Å². The number of fused-ring (bicyclic) bond motifs is 1. The van der Waals surface area contributed by atoms with Crippen LogP contribution in [0.3, 0.4) is 0 Å². The minimum Gasteiger partial charge on any atom is -0.457 e. The summed E-state index contributed by atoms with van der Waals surface area (Å²) in [5.41, 5.74) is 0. The molecule has 0 aromatic carbocycles. The van der Waals surface area contributed by atoms with Crippen LogP contribution < -0.4 is 0 Å². The fraction of sp³-hybridized carbons (Fsp3) is 0.667. The van der Waals surface area contributed by atoms with Crippen LogP contribution in [0.1, 0.15) is 46.5 Å². The van der Waals surface area contributed by atoms with Gasteiger partial charge in [-0.1, -0.05) is 31.2 Å². The number of allylic oxidation sites excluding steroid dienone is 5. The fourth-order valence-electron chi connectivity index (χ4n) is 4.71. The van der Waals surface area contributed by atoms with Crippen LogP contribution in [0.25, 0.3) is 0 Å². The minimum absolute atomic E-state index is 0.262. The van der Waals surface area contributed by atoms with E-state index >= 15 is 0 Å². The zero-order chi connectivity index (χ0) is 18.0. The highest BCUT2D eigenvalue weighted by atomic mass is 16.7. The summed E-state index contributed by atoms with van der Waals surface area (Å²) in [6, 6.07) is 0. The topological polar surface area (TPSA) is 55.8 Å². The Morgan fingerprint density at radius 1 is 1.32 bits per heavy atom. The number of hydrogen-bond donors (Lipinski definition) is 1. The molecule has 3 rings (SSSR count). The van der Waals surface area contributed by atoms with Crippen molar-refractivity contribution in [2.45, 2.75) is 52.2 Å². The molecular formula is C21H30O4. The minimum atomic E-state index is -0.873. The van der Waals surface area contributed by atoms with E-state index < -0.39 is 5.79 Å². The third-order valence-electron chi connectivity index (χ3n) is 5.80. The molecule has 0 aromatic rings. The Labute approximate surface area is 150 Å². The van der Waals surface area contributed by atoms with Gasteiger partial charge >= 0.3 is 5.97 Å². The molecular weight excluding hydrogens is 316 g/mol. The van der Waals surface area contributed by atoms with Crippen LogP contribution in [0.15, 0.2) is 36.1 Å². The summed E-state index contributed by atoms with van der Waals surface area (Å²) in [5.74, 6) is 2.58. The molecule has 4 nitrogen and oxygen atoms in total. The molecule has 2 aliphatic carbocycles. The van der Waals surface area contributed by atoms with E-state index in [4.69, 9.17) is 9.47 Å². The number of ether oxygens (including phenoxy) is 2. The SMILES string of the molecule is C[C@H]1C=C[C@@H]2[C@@H](CCO)[C@H](/C=C/CCC3=CC(=O)OC(C)(C)O3)C[C@@H]21. The highest BCUT2D eigenvalue weighted by molar-refractivity contribution is 5.83. The molecule has 0 amide bonds. The maximum atomic E-state index is 11.6. The van der Waals surface area contributed by atoms with Gasteiger partial charge in [0, 0.05) is 26.9 Å². The van der Waals surface area contributed by atoms with Crippen LogP contribution >= 0.6 is 0 Å². The molecule has 5 atom stereocenters. The van der Waals surface area contributed by atoms with Gasteiger partial charge in [-0.2, -0.15) is 0 Å². The molecule has 1 heterocycles. The maximum absolute atomic E-state index is 11.6. The van der Waals surface area contributed by atoms with Crippen molar-refractivity contribution >= 4 is 5.97 Å². The van der Waals surface area contributed by atoms with Crippen molar-refractivity contribution in [3.05, 3.63) is 36.1 Å². The molecule has 1 fully saturated rings. The predicted molar refractivity (Wildman–Crippen MR) is 96.3 cm³/mol. The molecule has 0 aromatic heterocycles. The third-order valence-corrected chi connectivity index (χ3v) is 5.80. The van der Waals surface area contributed by atoms with E-state index in [9.17, 15) is 9.90 Å². The van der Waals surface area contributed by atoms with Gasteiger partial charge in [0.1, 0.15) is 5.76 Å². The lowest BCUT2D eigenvalue weighted by Crippen LogP contribution is -2.34. The van der Waals surface area contributed by atoms with Gasteiger partial charge in [-0.25, -0.2) is 4.79 Å². The average Bonchev–Trinajstić information content (AvgIpc) is 3.03. The molecule has 1 saturated carbocycles. The Balaban J connectivity index is 1.55. The van der Waals surface area contributed by atoms with Gasteiger partial charge in [-0.3, -0.25) is 0 Å². The monoisotopic (exact) mass is 346 g/mol. The second kappa shape index (κ2) is 7.36. The van der Waals surface area contributed by atoms with Crippen molar-refractivity contribution in [2.24, 2.45) is 29.6 Å². The summed E-state index contributed by atoms with van der Waals surface area (Å²) in [4.78, 5) is 11.6. The second-order valence-corrected chi connectivity index (χ2v) is 8.06. The van der Waals surface area contributed by atoms with Crippen LogP contribution in [0.5, 0.6) is 0 Å². The number of aliphatic hydroxyl groups excluding tert-OH is 1. The molecule has 4 heteroatoms. The standard InChI is InChI=1S/C21H30O4/c1-14-8-9-18-17(10-11-22)15(12-19(14)18)6-4-5-7-16-13-20(23)25-21(2,3)24-16/h4,6,8-9,13-15,17-19,22H,5,7,10-12H2,1-3H3/b6-4+/t14-,15+,17-,18+,19+/m0/s1. The lowest BCUT2D eigenvalue weighted by molar-refractivity contribution is -0.205. The van der Waals surface area contributed by atoms with Gasteiger partial charge < -0.3 is 14.6 Å². The van der Waals surface area contributed by atoms with Crippen LogP contribution in [0.4, 0.5) is 0 Å². The molecule has 0 spiro atoms. The molecule has 25 heavy (non-hydrogen) atoms. The van der Waals surface area contributed by atoms with E-state index in [-0.39, 0.29) is 12.6 Å². The first kappa shape index (κ1) is 18.2. The summed E-state index contributed by atoms with van der Waals surface area (Å²) >= 11 is 0. The van der Waals surface area contributed by atoms with E-state index in [1.54, 1.807) is 13.8 Å². The van der Waals surface area contributed by atoms with Gasteiger partial charge in [-0.15, -0.1) is 0 Å². The molecule has 138 valence electrons. The third kappa shape index (κ3) is 4.17. The van der Waals surface area contributed by atoms with Crippen molar-refractivity contribution in [3.63, 3.8) is 0 Å². The molecule has 0 saturated heterocycles. The van der Waals surface area contributed by atoms with Crippen LogP contribution in [0.2, 0.25) is 0 Å². The summed E-state index contributed by atoms with van der Waals surface area (Å²) in [5, 5.41) is 9.43. The zero-order valence-electron chi connectivity index (χ0n) is 15.5. The smallest absolute Gasteiger partial charge is 0.337 e. The van der Waals surface area contributed by atoms with Crippen LogP contribution in [0, 0.1) is 29.6 Å². The van der Waals surface area contributed by atoms with Crippen LogP contribution in [-0.2, 0) is 14.3 Å². The van der Waals surface area contributed by atoms with Gasteiger partial charge in [0.25, 0.3) is 0 Å². The molecule has 0 unspecified atom stereocenters. The van der Waals surface area contributed by atoms with Crippen molar-refractivity contribution in [3.8, 4) is 0 Å². The molecule has 0 radical (unpaired) electrons. The number of esters is 1. The first-order chi connectivity index (χ1) is 11.9. The normalized spacial score (nSPS) is 36.2. The summed E-state index contributed by atoms with van der Waals surface area (Å²) in [7, 11) is 0. The van der Waals surface area contributed by atoms with E-state index in [0.29, 0.717) is 35.9 Å². The van der Waals surface area contributed by atoms with E-state index in [1.165, 1.54) is 12.5 Å². The van der Waals surface area contributed by atoms with E-state index in [2.05, 4.69) is 31.2 Å². The lowest BCUT2D eigenvalue weighted by Gasteiger charge is -2.30. The van der Waals surface area contributed by atoms with Crippen LogP contribution in [-0.4, -0.2) is 23.5 Å². The zero-order valence-corrected chi connectivity index (χ0v) is 15.5. The van der Waals surface area contributed by atoms with Gasteiger partial charge in [-0.05, 0) is 48.9 Å². The number of aliphatic hydroxyl groups is 1. The Morgan fingerprint density at radius 2 is 2.12 bits per heavy atom. The first-order valence-corrected chi connectivity index (χ1v) is 9.48. The Hall–Kier alpha value is -1.55. The van der Waals surface area contributed by atoms with Gasteiger partial charge in [0.15, 0.2) is 0 Å². The molecule has 0 bridgehead atoms. The molecule has 1 N–H and O–H groups in total. The predicted octanol–water partition coefficient (Wildman–Crippen LogP) is 3.97. The number of carbonyl (C=O) groups is 1. The summed E-state index contributed by atoms with van der Waals surface area (Å²) in [6.07, 6.45) is 14.3. The van der Waals surface area contributed by atoms with E-state index in [0.717, 1.165) is 18.8 Å². The van der Waals surface area contributed by atoms with E-state index in [1.807, 2.05) is 0 Å². The van der Waals surface area contributed by atoms with Gasteiger partial charge in [0.2, 0.25) is 5.79 Å². The largest absolute Gasteiger partial charge is 0.457 e. The highest BCUT2D eigenvalue weighted by Crippen LogP contribution is 2.51. The summed E-state index contributed by atoms with van der Waals surface area (Å²) < 4.78 is 10.8. The van der Waals surface area contributed by atoms with Crippen molar-refractivity contribution in [1.82, 2.24) is 0 Å². The molecule has 3 aliphatic rings. The number of rotatable bonds is 6. The Morgan fingerprint density at radius 3 is 2.84 bits per heavy atom. The number of cyclic esters (lactones) is 1. The first-order valence-electron chi connectivity index (χ1n) is 9.48. The highest BCUT2D eigenvalue weighted by Gasteiger charge is 2.44. The quantitative estimate of drug-likeness (QED) is 0.584. The summed E-state index contributed by atoms with van der Waals surface area (Å²) in [6.45, 7) is 6.06. The Bertz CT molecular complexity index is 587. The number of carbonyl (C=O) groups excluding carboxylic acids is 1.